The molecule has 1 atom stereocenters. The zero-order chi connectivity index (χ0) is 9.78. The second-order valence-corrected chi connectivity index (χ2v) is 4.19. The van der Waals surface area contributed by atoms with Gasteiger partial charge in [0.2, 0.25) is 5.91 Å². The predicted octanol–water partition coefficient (Wildman–Crippen LogP) is 0.886. The van der Waals surface area contributed by atoms with Crippen LogP contribution in [-0.2, 0) is 4.79 Å². The molecule has 3 nitrogen and oxygen atoms in total. The van der Waals surface area contributed by atoms with Crippen LogP contribution in [0.3, 0.4) is 0 Å². The highest BCUT2D eigenvalue weighted by Gasteiger charge is 2.20. The molecule has 0 aliphatic rings. The number of carbonyl (C=O) groups excluding carboxylic acids is 1. The van der Waals surface area contributed by atoms with Crippen molar-refractivity contribution in [2.45, 2.75) is 40.2 Å². The minimum Gasteiger partial charge on any atom is -0.353 e. The molecule has 0 aromatic carbocycles. The van der Waals surface area contributed by atoms with E-state index in [1.807, 2.05) is 6.92 Å². The fourth-order valence-corrected chi connectivity index (χ4v) is 0.661. The van der Waals surface area contributed by atoms with E-state index in [4.69, 9.17) is 5.73 Å². The molecule has 0 rings (SSSR count). The van der Waals surface area contributed by atoms with Crippen molar-refractivity contribution in [2.75, 3.05) is 6.54 Å². The van der Waals surface area contributed by atoms with Crippen LogP contribution in [0.2, 0.25) is 0 Å². The van der Waals surface area contributed by atoms with Gasteiger partial charge >= 0.3 is 0 Å². The van der Waals surface area contributed by atoms with Crippen molar-refractivity contribution < 1.29 is 4.79 Å². The SMILES string of the molecule is CC(NC(=O)CCN)C(C)(C)C. The summed E-state index contributed by atoms with van der Waals surface area (Å²) in [5, 5.41) is 2.90. The largest absolute Gasteiger partial charge is 0.353 e. The molecule has 0 fully saturated rings. The zero-order valence-corrected chi connectivity index (χ0v) is 8.48. The molecule has 0 aliphatic carbocycles. The van der Waals surface area contributed by atoms with E-state index in [1.54, 1.807) is 0 Å². The van der Waals surface area contributed by atoms with Crippen molar-refractivity contribution in [3.63, 3.8) is 0 Å². The number of nitrogens with two attached hydrogens (primary N) is 1. The molecule has 0 aliphatic heterocycles. The number of amides is 1. The lowest BCUT2D eigenvalue weighted by Crippen LogP contribution is -2.41. The van der Waals surface area contributed by atoms with Crippen LogP contribution < -0.4 is 11.1 Å². The van der Waals surface area contributed by atoms with Gasteiger partial charge in [-0.05, 0) is 12.3 Å². The summed E-state index contributed by atoms with van der Waals surface area (Å²) in [6.07, 6.45) is 0.417. The van der Waals surface area contributed by atoms with Gasteiger partial charge in [0.25, 0.3) is 0 Å². The summed E-state index contributed by atoms with van der Waals surface area (Å²) in [4.78, 5) is 11.1. The summed E-state index contributed by atoms with van der Waals surface area (Å²) in [6, 6.07) is 0.191. The molecule has 12 heavy (non-hydrogen) atoms. The summed E-state index contributed by atoms with van der Waals surface area (Å²) < 4.78 is 0. The third kappa shape index (κ3) is 4.34. The average molecular weight is 172 g/mol. The van der Waals surface area contributed by atoms with Gasteiger partial charge in [-0.1, -0.05) is 20.8 Å². The van der Waals surface area contributed by atoms with E-state index in [9.17, 15) is 4.79 Å². The number of hydrogen-bond donors (Lipinski definition) is 2. The van der Waals surface area contributed by atoms with Crippen molar-refractivity contribution >= 4 is 5.91 Å². The fraction of sp³-hybridized carbons (Fsp3) is 0.889. The monoisotopic (exact) mass is 172 g/mol. The highest BCUT2D eigenvalue weighted by atomic mass is 16.1. The minimum absolute atomic E-state index is 0.0416. The molecule has 3 N–H and O–H groups in total. The Balaban J connectivity index is 3.84. The Labute approximate surface area is 74.7 Å². The molecule has 0 bridgehead atoms. The van der Waals surface area contributed by atoms with Crippen LogP contribution in [-0.4, -0.2) is 18.5 Å². The maximum atomic E-state index is 11.1. The lowest BCUT2D eigenvalue weighted by atomic mass is 9.88. The molecule has 0 saturated heterocycles. The lowest BCUT2D eigenvalue weighted by molar-refractivity contribution is -0.122. The van der Waals surface area contributed by atoms with Gasteiger partial charge in [-0.15, -0.1) is 0 Å². The molecule has 3 heteroatoms. The molecule has 72 valence electrons. The maximum Gasteiger partial charge on any atom is 0.221 e. The summed E-state index contributed by atoms with van der Waals surface area (Å²) in [7, 11) is 0. The molecule has 0 radical (unpaired) electrons. The first-order valence-electron chi connectivity index (χ1n) is 4.37. The van der Waals surface area contributed by atoms with Gasteiger partial charge < -0.3 is 11.1 Å². The standard InChI is InChI=1S/C9H20N2O/c1-7(9(2,3)4)11-8(12)5-6-10/h7H,5-6,10H2,1-4H3,(H,11,12). The Hall–Kier alpha value is -0.570. The highest BCUT2D eigenvalue weighted by Crippen LogP contribution is 2.18. The topological polar surface area (TPSA) is 55.1 Å². The molecule has 0 heterocycles. The van der Waals surface area contributed by atoms with Crippen LogP contribution in [0, 0.1) is 5.41 Å². The normalized spacial score (nSPS) is 14.1. The molecule has 0 aromatic heterocycles. The Morgan fingerprint density at radius 2 is 2.00 bits per heavy atom. The van der Waals surface area contributed by atoms with E-state index >= 15 is 0 Å². The van der Waals surface area contributed by atoms with E-state index in [1.165, 1.54) is 0 Å². The van der Waals surface area contributed by atoms with Crippen LogP contribution in [0.1, 0.15) is 34.1 Å². The predicted molar refractivity (Wildman–Crippen MR) is 50.7 cm³/mol. The summed E-state index contributed by atoms with van der Waals surface area (Å²) >= 11 is 0. The van der Waals surface area contributed by atoms with Crippen molar-refractivity contribution in [2.24, 2.45) is 11.1 Å². The molecule has 0 spiro atoms. The van der Waals surface area contributed by atoms with E-state index in [2.05, 4.69) is 26.1 Å². The molecule has 1 amide bonds. The van der Waals surface area contributed by atoms with E-state index in [0.717, 1.165) is 0 Å². The fourth-order valence-electron chi connectivity index (χ4n) is 0.661. The summed E-state index contributed by atoms with van der Waals surface area (Å²) in [6.45, 7) is 8.72. The molecule has 0 saturated carbocycles. The van der Waals surface area contributed by atoms with E-state index in [0.29, 0.717) is 13.0 Å². The van der Waals surface area contributed by atoms with Gasteiger partial charge in [-0.2, -0.15) is 0 Å². The first kappa shape index (κ1) is 11.4. The third-order valence-corrected chi connectivity index (χ3v) is 2.05. The average Bonchev–Trinajstić information content (AvgIpc) is 1.85. The van der Waals surface area contributed by atoms with Crippen molar-refractivity contribution in [3.8, 4) is 0 Å². The third-order valence-electron chi connectivity index (χ3n) is 2.05. The van der Waals surface area contributed by atoms with Crippen molar-refractivity contribution in [1.29, 1.82) is 0 Å². The van der Waals surface area contributed by atoms with Gasteiger partial charge in [0.05, 0.1) is 0 Å². The number of hydrogen-bond acceptors (Lipinski definition) is 2. The van der Waals surface area contributed by atoms with Crippen LogP contribution >= 0.6 is 0 Å². The Morgan fingerprint density at radius 1 is 1.50 bits per heavy atom. The second-order valence-electron chi connectivity index (χ2n) is 4.19. The number of nitrogens with one attached hydrogen (secondary N) is 1. The van der Waals surface area contributed by atoms with Crippen LogP contribution in [0.25, 0.3) is 0 Å². The van der Waals surface area contributed by atoms with Gasteiger partial charge in [-0.25, -0.2) is 0 Å². The molecule has 1 unspecified atom stereocenters. The van der Waals surface area contributed by atoms with E-state index in [-0.39, 0.29) is 17.4 Å². The lowest BCUT2D eigenvalue weighted by Gasteiger charge is -2.27. The highest BCUT2D eigenvalue weighted by molar-refractivity contribution is 5.76. The molecular formula is C9H20N2O. The van der Waals surface area contributed by atoms with Gasteiger partial charge in [0, 0.05) is 19.0 Å². The second kappa shape index (κ2) is 4.45. The van der Waals surface area contributed by atoms with Gasteiger partial charge in [0.1, 0.15) is 0 Å². The Bertz CT molecular complexity index is 149. The summed E-state index contributed by atoms with van der Waals surface area (Å²) in [5.41, 5.74) is 5.37. The zero-order valence-electron chi connectivity index (χ0n) is 8.48. The molecular weight excluding hydrogens is 152 g/mol. The Morgan fingerprint density at radius 3 is 2.33 bits per heavy atom. The van der Waals surface area contributed by atoms with Gasteiger partial charge in [-0.3, -0.25) is 4.79 Å². The maximum absolute atomic E-state index is 11.1. The first-order valence-corrected chi connectivity index (χ1v) is 4.37. The molecule has 0 aromatic rings. The van der Waals surface area contributed by atoms with Crippen molar-refractivity contribution in [1.82, 2.24) is 5.32 Å². The number of carbonyl (C=O) groups is 1. The first-order chi connectivity index (χ1) is 5.38. The van der Waals surface area contributed by atoms with Gasteiger partial charge in [0.15, 0.2) is 0 Å². The number of rotatable bonds is 3. The summed E-state index contributed by atoms with van der Waals surface area (Å²) in [5.74, 6) is 0.0416. The quantitative estimate of drug-likeness (QED) is 0.664. The van der Waals surface area contributed by atoms with Crippen LogP contribution in [0.4, 0.5) is 0 Å². The van der Waals surface area contributed by atoms with Crippen LogP contribution in [0.5, 0.6) is 0 Å². The van der Waals surface area contributed by atoms with Crippen LogP contribution in [0.15, 0.2) is 0 Å². The van der Waals surface area contributed by atoms with E-state index < -0.39 is 0 Å². The smallest absolute Gasteiger partial charge is 0.221 e. The minimum atomic E-state index is 0.0416. The Kier molecular flexibility index (Phi) is 4.24. The van der Waals surface area contributed by atoms with Crippen molar-refractivity contribution in [3.05, 3.63) is 0 Å².